The molecule has 2 heterocycles. The fourth-order valence-corrected chi connectivity index (χ4v) is 2.66. The minimum atomic E-state index is 0.464. The van der Waals surface area contributed by atoms with E-state index in [2.05, 4.69) is 15.3 Å². The Balaban J connectivity index is 1.81. The SMILES string of the molecule is Cc1nc(Nc2ccc(Cl)cc2)cc(C2CCOCC2)n1. The van der Waals surface area contributed by atoms with Crippen LogP contribution in [-0.4, -0.2) is 23.2 Å². The molecule has 0 spiro atoms. The third-order valence-electron chi connectivity index (χ3n) is 3.61. The summed E-state index contributed by atoms with van der Waals surface area (Å²) in [5.41, 5.74) is 2.07. The van der Waals surface area contributed by atoms with E-state index < -0.39 is 0 Å². The largest absolute Gasteiger partial charge is 0.381 e. The molecular weight excluding hydrogens is 286 g/mol. The van der Waals surface area contributed by atoms with Gasteiger partial charge in [-0.25, -0.2) is 9.97 Å². The molecule has 2 aromatic rings. The fraction of sp³-hybridized carbons (Fsp3) is 0.375. The highest BCUT2D eigenvalue weighted by molar-refractivity contribution is 6.30. The summed E-state index contributed by atoms with van der Waals surface area (Å²) < 4.78 is 5.42. The van der Waals surface area contributed by atoms with Crippen LogP contribution in [0.1, 0.15) is 30.3 Å². The van der Waals surface area contributed by atoms with Gasteiger partial charge in [0.15, 0.2) is 0 Å². The van der Waals surface area contributed by atoms with E-state index in [0.29, 0.717) is 5.92 Å². The second-order valence-electron chi connectivity index (χ2n) is 5.24. The minimum absolute atomic E-state index is 0.464. The molecule has 1 aromatic carbocycles. The Morgan fingerprint density at radius 2 is 1.86 bits per heavy atom. The lowest BCUT2D eigenvalue weighted by atomic mass is 9.96. The number of hydrogen-bond donors (Lipinski definition) is 1. The lowest BCUT2D eigenvalue weighted by molar-refractivity contribution is 0.0844. The van der Waals surface area contributed by atoms with E-state index >= 15 is 0 Å². The van der Waals surface area contributed by atoms with Crippen molar-refractivity contribution in [1.29, 1.82) is 0 Å². The third kappa shape index (κ3) is 3.71. The highest BCUT2D eigenvalue weighted by Gasteiger charge is 2.18. The molecule has 4 nitrogen and oxygen atoms in total. The van der Waals surface area contributed by atoms with E-state index in [1.807, 2.05) is 37.3 Å². The number of ether oxygens (including phenoxy) is 1. The number of anilines is 2. The number of halogens is 1. The zero-order valence-corrected chi connectivity index (χ0v) is 12.7. The number of aryl methyl sites for hydroxylation is 1. The summed E-state index contributed by atoms with van der Waals surface area (Å²) in [6.45, 7) is 3.55. The third-order valence-corrected chi connectivity index (χ3v) is 3.87. The maximum absolute atomic E-state index is 5.90. The highest BCUT2D eigenvalue weighted by atomic mass is 35.5. The van der Waals surface area contributed by atoms with Gasteiger partial charge in [-0.05, 0) is 44.0 Å². The van der Waals surface area contributed by atoms with E-state index in [9.17, 15) is 0 Å². The van der Waals surface area contributed by atoms with Crippen LogP contribution in [-0.2, 0) is 4.74 Å². The Hall–Kier alpha value is -1.65. The molecule has 0 unspecified atom stereocenters. The zero-order valence-electron chi connectivity index (χ0n) is 12.0. The number of nitrogens with zero attached hydrogens (tertiary/aromatic N) is 2. The average Bonchev–Trinajstić information content (AvgIpc) is 2.50. The molecule has 1 aliphatic rings. The Morgan fingerprint density at radius 1 is 1.14 bits per heavy atom. The van der Waals surface area contributed by atoms with Crippen molar-refractivity contribution in [2.75, 3.05) is 18.5 Å². The standard InChI is InChI=1S/C16H18ClN3O/c1-11-18-15(12-6-8-21-9-7-12)10-16(19-11)20-14-4-2-13(17)3-5-14/h2-5,10,12H,6-9H2,1H3,(H,18,19,20). The van der Waals surface area contributed by atoms with Crippen molar-refractivity contribution in [2.45, 2.75) is 25.7 Å². The van der Waals surface area contributed by atoms with Crippen LogP contribution in [0.5, 0.6) is 0 Å². The van der Waals surface area contributed by atoms with Gasteiger partial charge in [-0.2, -0.15) is 0 Å². The number of hydrogen-bond acceptors (Lipinski definition) is 4. The maximum atomic E-state index is 5.90. The Kier molecular flexibility index (Phi) is 4.36. The number of aromatic nitrogens is 2. The smallest absolute Gasteiger partial charge is 0.134 e. The van der Waals surface area contributed by atoms with Crippen molar-refractivity contribution in [3.8, 4) is 0 Å². The predicted molar refractivity (Wildman–Crippen MR) is 84.3 cm³/mol. The van der Waals surface area contributed by atoms with Crippen molar-refractivity contribution < 1.29 is 4.74 Å². The lowest BCUT2D eigenvalue weighted by Gasteiger charge is -2.22. The van der Waals surface area contributed by atoms with Crippen LogP contribution in [0.2, 0.25) is 5.02 Å². The number of rotatable bonds is 3. The molecule has 1 saturated heterocycles. The van der Waals surface area contributed by atoms with Gasteiger partial charge < -0.3 is 10.1 Å². The van der Waals surface area contributed by atoms with Crippen LogP contribution in [0.4, 0.5) is 11.5 Å². The first-order valence-electron chi connectivity index (χ1n) is 7.16. The Morgan fingerprint density at radius 3 is 2.57 bits per heavy atom. The lowest BCUT2D eigenvalue weighted by Crippen LogP contribution is -2.16. The number of benzene rings is 1. The molecular formula is C16H18ClN3O. The minimum Gasteiger partial charge on any atom is -0.381 e. The Bertz CT molecular complexity index is 609. The van der Waals surface area contributed by atoms with Crippen molar-refractivity contribution in [3.05, 3.63) is 46.9 Å². The molecule has 0 bridgehead atoms. The first-order chi connectivity index (χ1) is 10.2. The first-order valence-corrected chi connectivity index (χ1v) is 7.54. The van der Waals surface area contributed by atoms with Crippen molar-refractivity contribution >= 4 is 23.1 Å². The molecule has 21 heavy (non-hydrogen) atoms. The van der Waals surface area contributed by atoms with E-state index in [4.69, 9.17) is 16.3 Å². The summed E-state index contributed by atoms with van der Waals surface area (Å²) in [5, 5.41) is 4.03. The van der Waals surface area contributed by atoms with Gasteiger partial charge in [0.1, 0.15) is 11.6 Å². The summed E-state index contributed by atoms with van der Waals surface area (Å²) in [7, 11) is 0. The number of nitrogens with one attached hydrogen (secondary N) is 1. The average molecular weight is 304 g/mol. The van der Waals surface area contributed by atoms with Gasteiger partial charge in [0.05, 0.1) is 0 Å². The predicted octanol–water partition coefficient (Wildman–Crippen LogP) is 4.08. The van der Waals surface area contributed by atoms with Crippen molar-refractivity contribution in [1.82, 2.24) is 9.97 Å². The second kappa shape index (κ2) is 6.41. The second-order valence-corrected chi connectivity index (χ2v) is 5.68. The van der Waals surface area contributed by atoms with E-state index in [0.717, 1.165) is 54.1 Å². The molecule has 0 atom stereocenters. The van der Waals surface area contributed by atoms with Gasteiger partial charge in [-0.15, -0.1) is 0 Å². The summed E-state index contributed by atoms with van der Waals surface area (Å²) in [6, 6.07) is 9.63. The first kappa shape index (κ1) is 14.3. The van der Waals surface area contributed by atoms with Crippen LogP contribution in [0.3, 0.4) is 0 Å². The normalized spacial score (nSPS) is 15.9. The van der Waals surface area contributed by atoms with Gasteiger partial charge >= 0.3 is 0 Å². The van der Waals surface area contributed by atoms with Gasteiger partial charge in [-0.3, -0.25) is 0 Å². The summed E-state index contributed by atoms with van der Waals surface area (Å²) >= 11 is 5.90. The van der Waals surface area contributed by atoms with Crippen LogP contribution in [0, 0.1) is 6.92 Å². The van der Waals surface area contributed by atoms with Crippen molar-refractivity contribution in [2.24, 2.45) is 0 Å². The Labute approximate surface area is 129 Å². The van der Waals surface area contributed by atoms with E-state index in [1.54, 1.807) is 0 Å². The van der Waals surface area contributed by atoms with E-state index in [-0.39, 0.29) is 0 Å². The topological polar surface area (TPSA) is 47.0 Å². The zero-order chi connectivity index (χ0) is 14.7. The van der Waals surface area contributed by atoms with Crippen LogP contribution >= 0.6 is 11.6 Å². The molecule has 5 heteroatoms. The highest BCUT2D eigenvalue weighted by Crippen LogP contribution is 2.27. The molecule has 1 aromatic heterocycles. The molecule has 0 saturated carbocycles. The van der Waals surface area contributed by atoms with Gasteiger partial charge in [0.25, 0.3) is 0 Å². The summed E-state index contributed by atoms with van der Waals surface area (Å²) in [5.74, 6) is 2.08. The van der Waals surface area contributed by atoms with Gasteiger partial charge in [0, 0.05) is 41.6 Å². The summed E-state index contributed by atoms with van der Waals surface area (Å²) in [4.78, 5) is 9.05. The molecule has 1 aliphatic heterocycles. The monoisotopic (exact) mass is 303 g/mol. The fourth-order valence-electron chi connectivity index (χ4n) is 2.54. The molecule has 0 radical (unpaired) electrons. The van der Waals surface area contributed by atoms with E-state index in [1.165, 1.54) is 0 Å². The molecule has 1 fully saturated rings. The molecule has 3 rings (SSSR count). The summed E-state index contributed by atoms with van der Waals surface area (Å²) in [6.07, 6.45) is 2.05. The quantitative estimate of drug-likeness (QED) is 0.928. The van der Waals surface area contributed by atoms with Crippen molar-refractivity contribution in [3.63, 3.8) is 0 Å². The molecule has 1 N–H and O–H groups in total. The maximum Gasteiger partial charge on any atom is 0.134 e. The van der Waals surface area contributed by atoms with Crippen LogP contribution in [0.25, 0.3) is 0 Å². The van der Waals surface area contributed by atoms with Gasteiger partial charge in [-0.1, -0.05) is 11.6 Å². The molecule has 0 aliphatic carbocycles. The molecule has 110 valence electrons. The van der Waals surface area contributed by atoms with Crippen LogP contribution in [0.15, 0.2) is 30.3 Å². The van der Waals surface area contributed by atoms with Gasteiger partial charge in [0.2, 0.25) is 0 Å². The molecule has 0 amide bonds. The van der Waals surface area contributed by atoms with Crippen LogP contribution < -0.4 is 5.32 Å².